The first-order valence-corrected chi connectivity index (χ1v) is 36.1. The first kappa shape index (κ1) is 101. The fourth-order valence-corrected chi connectivity index (χ4v) is 10.5. The van der Waals surface area contributed by atoms with Crippen LogP contribution in [-0.4, -0.2) is 0 Å². The lowest BCUT2D eigenvalue weighted by Crippen LogP contribution is -2.41. The van der Waals surface area contributed by atoms with Gasteiger partial charge in [-0.2, -0.15) is 0 Å². The summed E-state index contributed by atoms with van der Waals surface area (Å²) in [5, 5.41) is 0. The Kier molecular flexibility index (Phi) is 41.6. The van der Waals surface area contributed by atoms with Crippen molar-refractivity contribution in [2.24, 2.45) is 97.5 Å². The van der Waals surface area contributed by atoms with E-state index in [2.05, 4.69) is 386 Å². The maximum Gasteiger partial charge on any atom is -0.00962 e. The molecule has 88 heavy (non-hydrogen) atoms. The first-order chi connectivity index (χ1) is 37.1. The summed E-state index contributed by atoms with van der Waals surface area (Å²) < 4.78 is 0. The van der Waals surface area contributed by atoms with Crippen LogP contribution in [0.4, 0.5) is 0 Å². The molecule has 0 N–H and O–H groups in total. The molecule has 0 amide bonds. The highest BCUT2D eigenvalue weighted by molar-refractivity contribution is 5.26. The summed E-state index contributed by atoms with van der Waals surface area (Å²) in [5.41, 5.74) is 13.5. The molecule has 0 bridgehead atoms. The van der Waals surface area contributed by atoms with Gasteiger partial charge in [-0.1, -0.05) is 381 Å². The molecule has 0 unspecified atom stereocenters. The number of allylic oxidation sites excluding steroid dienone is 6. The van der Waals surface area contributed by atoms with Crippen molar-refractivity contribution in [3.8, 4) is 0 Å². The number of rotatable bonds is 10. The van der Waals surface area contributed by atoms with Gasteiger partial charge in [0.2, 0.25) is 0 Å². The molecule has 0 atom stereocenters. The van der Waals surface area contributed by atoms with E-state index in [1.807, 2.05) is 0 Å². The summed E-state index contributed by atoms with van der Waals surface area (Å²) in [7, 11) is 0. The molecule has 0 fully saturated rings. The Balaban J connectivity index is -0.000000176. The molecule has 0 heterocycles. The van der Waals surface area contributed by atoms with Crippen molar-refractivity contribution in [1.29, 1.82) is 0 Å². The van der Waals surface area contributed by atoms with E-state index in [9.17, 15) is 0 Å². The molecular weight excluding hydrogens is 1060 g/mol. The van der Waals surface area contributed by atoms with Crippen molar-refractivity contribution < 1.29 is 0 Å². The Morgan fingerprint density at radius 1 is 0.216 bits per heavy atom. The average molecular weight is 1240 g/mol. The van der Waals surface area contributed by atoms with Gasteiger partial charge in [0.15, 0.2) is 0 Å². The van der Waals surface area contributed by atoms with Gasteiger partial charge in [-0.25, -0.2) is 0 Å². The molecule has 0 spiro atoms. The third-order valence-corrected chi connectivity index (χ3v) is 19.1. The van der Waals surface area contributed by atoms with E-state index in [0.717, 1.165) is 0 Å². The van der Waals surface area contributed by atoms with Crippen LogP contribution in [0.25, 0.3) is 0 Å². The van der Waals surface area contributed by atoms with Crippen LogP contribution in [0.2, 0.25) is 0 Å². The molecule has 0 heteroatoms. The molecule has 0 saturated carbocycles. The minimum absolute atomic E-state index is 0.222. The van der Waals surface area contributed by atoms with Crippen molar-refractivity contribution in [3.63, 3.8) is 0 Å². The van der Waals surface area contributed by atoms with Crippen molar-refractivity contribution in [2.75, 3.05) is 0 Å². The van der Waals surface area contributed by atoms with Gasteiger partial charge in [-0.3, -0.25) is 0 Å². The van der Waals surface area contributed by atoms with Crippen molar-refractivity contribution in [3.05, 3.63) is 34.4 Å². The Morgan fingerprint density at radius 2 is 0.420 bits per heavy atom. The van der Waals surface area contributed by atoms with Crippen LogP contribution in [0, 0.1) is 97.5 Å². The predicted octanol–water partition coefficient (Wildman–Crippen LogP) is 32.8. The lowest BCUT2D eigenvalue weighted by atomic mass is 9.56. The molecule has 0 aliphatic carbocycles. The van der Waals surface area contributed by atoms with Crippen molar-refractivity contribution >= 4 is 0 Å². The normalized spacial score (nSPS) is 15.0. The van der Waals surface area contributed by atoms with Gasteiger partial charge < -0.3 is 0 Å². The molecule has 0 aromatic carbocycles. The first-order valence-electron chi connectivity index (χ1n) is 36.1. The quantitative estimate of drug-likeness (QED) is 0.191. The number of hydrogen-bond acceptors (Lipinski definition) is 0. The second kappa shape index (κ2) is 36.4. The lowest BCUT2D eigenvalue weighted by molar-refractivity contribution is 0.00575. The molecule has 0 radical (unpaired) electrons. The molecule has 0 saturated heterocycles. The van der Waals surface area contributed by atoms with E-state index in [4.69, 9.17) is 0 Å². The van der Waals surface area contributed by atoms with E-state index in [0.29, 0.717) is 75.8 Å². The van der Waals surface area contributed by atoms with Crippen LogP contribution in [0.3, 0.4) is 0 Å². The van der Waals surface area contributed by atoms with E-state index in [1.54, 1.807) is 22.3 Å². The standard InChI is InChI=1S/C18H36.C14H28.C14H30.C12H24.C11H24.C10H22.C9H20/c1-13(17(9,10)15(3,4)5)14(2)18(11,12)16(6,7)8;1-11(9-13(3,4)5)12(2)10-14(6,7)8;1-12(2,3)9-10-14(7,8)11-13(4,5)6;1-11(2,3)9-7-8-10-12(4,5)6;1-9(2,3)11(7,8)10(4,5)6;1-9(2,3)7-8-10(4,5)6;1-8(2,3)7-9(4,5)6/h1-12H3;9-10H2,1-8H3;9-11H2,1-8H3;7-8H,9-10H2,1-6H3;1-8H3;7-8H2,1-6H3;7H2,1-6H3/b14-13-;12-11-;;8-7-;;;. The minimum atomic E-state index is 0.222. The Morgan fingerprint density at radius 3 is 0.545 bits per heavy atom. The molecule has 0 aromatic heterocycles. The molecular formula is C88H184. The average Bonchev–Trinajstić information content (AvgIpc) is 3.15. The van der Waals surface area contributed by atoms with Gasteiger partial charge in [0.05, 0.1) is 0 Å². The third-order valence-electron chi connectivity index (χ3n) is 19.1. The molecule has 0 aliphatic rings. The zero-order valence-corrected chi connectivity index (χ0v) is 73.2. The fraction of sp³-hybridized carbons (Fsp3) is 0.932. The summed E-state index contributed by atoms with van der Waals surface area (Å²) in [4.78, 5) is 0. The van der Waals surface area contributed by atoms with E-state index in [-0.39, 0.29) is 21.7 Å². The van der Waals surface area contributed by atoms with Crippen LogP contribution in [0.1, 0.15) is 438 Å². The highest BCUT2D eigenvalue weighted by atomic mass is 14.5. The van der Waals surface area contributed by atoms with E-state index in [1.165, 1.54) is 64.2 Å². The Labute approximate surface area is 566 Å². The van der Waals surface area contributed by atoms with Gasteiger partial charge in [-0.05, 0) is 189 Å². The van der Waals surface area contributed by atoms with Crippen LogP contribution in [-0.2, 0) is 0 Å². The van der Waals surface area contributed by atoms with Crippen LogP contribution >= 0.6 is 0 Å². The minimum Gasteiger partial charge on any atom is -0.0880 e. The molecule has 0 rings (SSSR count). The van der Waals surface area contributed by atoms with Gasteiger partial charge in [0.25, 0.3) is 0 Å². The van der Waals surface area contributed by atoms with Gasteiger partial charge >= 0.3 is 0 Å². The Bertz CT molecular complexity index is 1800. The number of hydrogen-bond donors (Lipinski definition) is 0. The zero-order valence-electron chi connectivity index (χ0n) is 73.2. The third kappa shape index (κ3) is 60.2. The SMILES string of the molecule is C/C(=C(\C)C(C)(C)C(C)(C)C)C(C)(C)C(C)(C)C.C/C(CC(C)(C)C)=C(\C)CC(C)(C)C.CC(C)(C)C(C)(C)C(C)(C)C.CC(C)(C)C/C=C\CC(C)(C)C.CC(C)(C)CC(C)(C)C.CC(C)(C)CCC(C)(C)C.CC(C)(C)CCC(C)(C)CC(C)(C)C. The van der Waals surface area contributed by atoms with Gasteiger partial charge in [0, 0.05) is 0 Å². The van der Waals surface area contributed by atoms with Gasteiger partial charge in [0.1, 0.15) is 0 Å². The van der Waals surface area contributed by atoms with Crippen LogP contribution < -0.4 is 0 Å². The molecule has 536 valence electrons. The molecule has 0 aromatic rings. The lowest BCUT2D eigenvalue weighted by Gasteiger charge is -2.49. The van der Waals surface area contributed by atoms with Crippen molar-refractivity contribution in [1.82, 2.24) is 0 Å². The van der Waals surface area contributed by atoms with Crippen molar-refractivity contribution in [2.45, 2.75) is 438 Å². The summed E-state index contributed by atoms with van der Waals surface area (Å²) in [5.74, 6) is 0. The summed E-state index contributed by atoms with van der Waals surface area (Å²) in [6.45, 7) is 125. The topological polar surface area (TPSA) is 0 Å². The van der Waals surface area contributed by atoms with Crippen LogP contribution in [0.15, 0.2) is 34.4 Å². The Hall–Kier alpha value is -0.780. The maximum absolute atomic E-state index is 2.41. The molecule has 0 nitrogen and oxygen atoms in total. The summed E-state index contributed by atoms with van der Waals surface area (Å²) >= 11 is 0. The summed E-state index contributed by atoms with van der Waals surface area (Å²) in [6, 6.07) is 0. The van der Waals surface area contributed by atoms with E-state index < -0.39 is 0 Å². The van der Waals surface area contributed by atoms with Crippen LogP contribution in [0.5, 0.6) is 0 Å². The largest absolute Gasteiger partial charge is 0.0880 e. The summed E-state index contributed by atoms with van der Waals surface area (Å²) in [6.07, 6.45) is 17.4. The second-order valence-corrected chi connectivity index (χ2v) is 47.0. The fourth-order valence-electron chi connectivity index (χ4n) is 10.5. The van der Waals surface area contributed by atoms with Gasteiger partial charge in [-0.15, -0.1) is 0 Å². The smallest absolute Gasteiger partial charge is 0.00962 e. The zero-order chi connectivity index (χ0) is 73.8. The van der Waals surface area contributed by atoms with E-state index >= 15 is 0 Å². The maximum atomic E-state index is 2.41. The molecule has 0 aliphatic heterocycles. The monoisotopic (exact) mass is 1240 g/mol. The predicted molar refractivity (Wildman–Crippen MR) is 420 cm³/mol. The highest BCUT2D eigenvalue weighted by Crippen LogP contribution is 2.52. The highest BCUT2D eigenvalue weighted by Gasteiger charge is 2.43. The second-order valence-electron chi connectivity index (χ2n) is 47.0.